The van der Waals surface area contributed by atoms with E-state index < -0.39 is 5.76 Å². The molecule has 5 nitrogen and oxygen atoms in total. The fourth-order valence-electron chi connectivity index (χ4n) is 1.82. The van der Waals surface area contributed by atoms with E-state index in [9.17, 15) is 9.59 Å². The number of para-hydroxylation sites is 2. The molecule has 0 fully saturated rings. The lowest BCUT2D eigenvalue weighted by atomic mass is 10.3. The number of carbonyl (C=O) groups excluding carboxylic acids is 1. The number of fused-ring (bicyclic) bond motifs is 1. The van der Waals surface area contributed by atoms with Gasteiger partial charge in [0, 0.05) is 0 Å². The molecule has 0 saturated heterocycles. The van der Waals surface area contributed by atoms with Gasteiger partial charge in [0.1, 0.15) is 0 Å². The lowest BCUT2D eigenvalue weighted by Crippen LogP contribution is -2.19. The van der Waals surface area contributed by atoms with Crippen molar-refractivity contribution < 1.29 is 13.6 Å². The number of hydrogen-bond acceptors (Lipinski definition) is 4. The number of oxazole rings is 1. The summed E-state index contributed by atoms with van der Waals surface area (Å²) >= 11 is 0. The maximum Gasteiger partial charge on any atom is 0.420 e. The molecule has 1 aromatic carbocycles. The minimum atomic E-state index is -0.545. The van der Waals surface area contributed by atoms with Crippen molar-refractivity contribution in [3.8, 4) is 0 Å². The number of benzene rings is 1. The summed E-state index contributed by atoms with van der Waals surface area (Å²) in [7, 11) is 0. The summed E-state index contributed by atoms with van der Waals surface area (Å²) in [6.45, 7) is -0.0939. The first-order chi connectivity index (χ1) is 8.75. The molecule has 0 spiro atoms. The fourth-order valence-corrected chi connectivity index (χ4v) is 1.82. The first-order valence-corrected chi connectivity index (χ1v) is 5.41. The van der Waals surface area contributed by atoms with E-state index in [0.717, 1.165) is 0 Å². The second kappa shape index (κ2) is 4.03. The van der Waals surface area contributed by atoms with Crippen molar-refractivity contribution in [2.75, 3.05) is 0 Å². The van der Waals surface area contributed by atoms with E-state index in [1.54, 1.807) is 36.4 Å². The van der Waals surface area contributed by atoms with Gasteiger partial charge >= 0.3 is 5.76 Å². The van der Waals surface area contributed by atoms with Crippen LogP contribution in [0.4, 0.5) is 0 Å². The Morgan fingerprint density at radius 2 is 2.00 bits per heavy atom. The summed E-state index contributed by atoms with van der Waals surface area (Å²) in [5.41, 5.74) is 1.07. The second-order valence-corrected chi connectivity index (χ2v) is 3.82. The Morgan fingerprint density at radius 1 is 1.17 bits per heavy atom. The fraction of sp³-hybridized carbons (Fsp3) is 0.0769. The van der Waals surface area contributed by atoms with Crippen LogP contribution in [0.5, 0.6) is 0 Å². The smallest absolute Gasteiger partial charge is 0.420 e. The van der Waals surface area contributed by atoms with E-state index in [4.69, 9.17) is 8.83 Å². The topological polar surface area (TPSA) is 65.3 Å². The Kier molecular flexibility index (Phi) is 2.37. The van der Waals surface area contributed by atoms with E-state index in [-0.39, 0.29) is 18.1 Å². The Balaban J connectivity index is 2.03. The third-order valence-corrected chi connectivity index (χ3v) is 2.67. The molecule has 0 aliphatic carbocycles. The van der Waals surface area contributed by atoms with Crippen LogP contribution in [0.2, 0.25) is 0 Å². The van der Waals surface area contributed by atoms with Crippen LogP contribution in [0.3, 0.4) is 0 Å². The summed E-state index contributed by atoms with van der Waals surface area (Å²) in [4.78, 5) is 23.5. The number of hydrogen-bond donors (Lipinski definition) is 0. The summed E-state index contributed by atoms with van der Waals surface area (Å²) in [5.74, 6) is -0.586. The molecule has 0 N–H and O–H groups in total. The maximum absolute atomic E-state index is 11.9. The average Bonchev–Trinajstić information content (AvgIpc) is 2.98. The van der Waals surface area contributed by atoms with E-state index in [1.807, 2.05) is 0 Å². The molecule has 3 aromatic rings. The van der Waals surface area contributed by atoms with Crippen LogP contribution in [0.15, 0.2) is 56.3 Å². The van der Waals surface area contributed by atoms with Gasteiger partial charge in [-0.05, 0) is 24.3 Å². The van der Waals surface area contributed by atoms with Gasteiger partial charge in [0.2, 0.25) is 5.78 Å². The average molecular weight is 243 g/mol. The van der Waals surface area contributed by atoms with Crippen molar-refractivity contribution in [3.05, 3.63) is 59.0 Å². The molecule has 0 aliphatic rings. The number of aromatic nitrogens is 1. The Morgan fingerprint density at radius 3 is 2.78 bits per heavy atom. The molecule has 0 aliphatic heterocycles. The molecule has 0 bridgehead atoms. The van der Waals surface area contributed by atoms with E-state index in [1.165, 1.54) is 10.8 Å². The van der Waals surface area contributed by atoms with Crippen LogP contribution in [0.1, 0.15) is 10.6 Å². The number of carbonyl (C=O) groups is 1. The Labute approximate surface area is 101 Å². The Hall–Kier alpha value is -2.56. The summed E-state index contributed by atoms with van der Waals surface area (Å²) in [6, 6.07) is 10.2. The van der Waals surface area contributed by atoms with Gasteiger partial charge in [0.05, 0.1) is 18.3 Å². The molecule has 5 heteroatoms. The maximum atomic E-state index is 11.9. The SMILES string of the molecule is O=C(Cn1c(=O)oc2ccccc21)c1ccco1. The summed E-state index contributed by atoms with van der Waals surface area (Å²) in [5, 5.41) is 0. The van der Waals surface area contributed by atoms with Crippen molar-refractivity contribution in [3.63, 3.8) is 0 Å². The minimum absolute atomic E-state index is 0.0939. The zero-order valence-electron chi connectivity index (χ0n) is 9.33. The van der Waals surface area contributed by atoms with Gasteiger partial charge in [0.15, 0.2) is 11.3 Å². The van der Waals surface area contributed by atoms with E-state index >= 15 is 0 Å². The van der Waals surface area contributed by atoms with Crippen molar-refractivity contribution in [2.45, 2.75) is 6.54 Å². The normalized spacial score (nSPS) is 10.9. The van der Waals surface area contributed by atoms with Gasteiger partial charge in [-0.25, -0.2) is 4.79 Å². The van der Waals surface area contributed by atoms with Gasteiger partial charge in [-0.1, -0.05) is 12.1 Å². The van der Waals surface area contributed by atoms with Crippen LogP contribution in [0, 0.1) is 0 Å². The van der Waals surface area contributed by atoms with Gasteiger partial charge in [0.25, 0.3) is 0 Å². The van der Waals surface area contributed by atoms with Gasteiger partial charge in [-0.2, -0.15) is 0 Å². The molecule has 3 rings (SSSR count). The molecule has 2 aromatic heterocycles. The van der Waals surface area contributed by atoms with Crippen molar-refractivity contribution in [1.82, 2.24) is 4.57 Å². The van der Waals surface area contributed by atoms with Gasteiger partial charge in [-0.3, -0.25) is 9.36 Å². The molecule has 2 heterocycles. The second-order valence-electron chi connectivity index (χ2n) is 3.82. The first kappa shape index (κ1) is 10.6. The highest BCUT2D eigenvalue weighted by Gasteiger charge is 2.15. The highest BCUT2D eigenvalue weighted by atomic mass is 16.4. The van der Waals surface area contributed by atoms with E-state index in [0.29, 0.717) is 11.1 Å². The van der Waals surface area contributed by atoms with Gasteiger partial charge in [-0.15, -0.1) is 0 Å². The standard InChI is InChI=1S/C13H9NO4/c15-10(12-6-3-7-17-12)8-14-9-4-1-2-5-11(9)18-13(14)16/h1-7H,8H2. The molecule has 0 amide bonds. The molecule has 90 valence electrons. The van der Waals surface area contributed by atoms with E-state index in [2.05, 4.69) is 0 Å². The van der Waals surface area contributed by atoms with Crippen LogP contribution >= 0.6 is 0 Å². The van der Waals surface area contributed by atoms with Crippen molar-refractivity contribution in [1.29, 1.82) is 0 Å². The van der Waals surface area contributed by atoms with Crippen LogP contribution in [-0.4, -0.2) is 10.4 Å². The monoisotopic (exact) mass is 243 g/mol. The number of Topliss-reactive ketones (excluding diaryl/α,β-unsaturated/α-hetero) is 1. The third kappa shape index (κ3) is 1.66. The predicted molar refractivity (Wildman–Crippen MR) is 63.5 cm³/mol. The number of nitrogens with zero attached hydrogens (tertiary/aromatic N) is 1. The first-order valence-electron chi connectivity index (χ1n) is 5.41. The van der Waals surface area contributed by atoms with Crippen LogP contribution in [-0.2, 0) is 6.54 Å². The summed E-state index contributed by atoms with van der Waals surface area (Å²) in [6.07, 6.45) is 1.42. The number of ketones is 1. The molecule has 0 radical (unpaired) electrons. The summed E-state index contributed by atoms with van der Waals surface area (Å²) < 4.78 is 11.3. The van der Waals surface area contributed by atoms with Crippen LogP contribution in [0.25, 0.3) is 11.1 Å². The number of rotatable bonds is 3. The molecule has 18 heavy (non-hydrogen) atoms. The van der Waals surface area contributed by atoms with Gasteiger partial charge < -0.3 is 8.83 Å². The third-order valence-electron chi connectivity index (χ3n) is 2.67. The van der Waals surface area contributed by atoms with Crippen LogP contribution < -0.4 is 5.76 Å². The molecule has 0 saturated carbocycles. The predicted octanol–water partition coefficient (Wildman–Crippen LogP) is 2.07. The number of furan rings is 1. The Bertz CT molecular complexity index is 749. The molecular formula is C13H9NO4. The zero-order valence-corrected chi connectivity index (χ0v) is 9.33. The lowest BCUT2D eigenvalue weighted by Gasteiger charge is -1.98. The molecule has 0 atom stereocenters. The zero-order chi connectivity index (χ0) is 12.5. The van der Waals surface area contributed by atoms with Crippen molar-refractivity contribution in [2.24, 2.45) is 0 Å². The molecule has 0 unspecified atom stereocenters. The van der Waals surface area contributed by atoms with Crippen molar-refractivity contribution >= 4 is 16.9 Å². The quantitative estimate of drug-likeness (QED) is 0.660. The lowest BCUT2D eigenvalue weighted by molar-refractivity contribution is 0.0943. The highest BCUT2D eigenvalue weighted by molar-refractivity contribution is 5.93. The molecular weight excluding hydrogens is 234 g/mol. The minimum Gasteiger partial charge on any atom is -0.461 e. The highest BCUT2D eigenvalue weighted by Crippen LogP contribution is 2.12. The largest absolute Gasteiger partial charge is 0.461 e.